The van der Waals surface area contributed by atoms with Crippen molar-refractivity contribution in [1.82, 2.24) is 10.2 Å². The molecule has 2 heterocycles. The van der Waals surface area contributed by atoms with Gasteiger partial charge < -0.3 is 10.2 Å². The summed E-state index contributed by atoms with van der Waals surface area (Å²) in [6.07, 6.45) is 5.89. The van der Waals surface area contributed by atoms with Gasteiger partial charge in [-0.2, -0.15) is 0 Å². The van der Waals surface area contributed by atoms with Gasteiger partial charge in [-0.1, -0.05) is 0 Å². The first-order chi connectivity index (χ1) is 7.29. The van der Waals surface area contributed by atoms with Crippen LogP contribution in [0.5, 0.6) is 0 Å². The second-order valence-electron chi connectivity index (χ2n) is 4.92. The van der Waals surface area contributed by atoms with Gasteiger partial charge in [-0.15, -0.1) is 0 Å². The Labute approximate surface area is 92.2 Å². The highest BCUT2D eigenvalue weighted by Gasteiger charge is 2.29. The smallest absolute Gasteiger partial charge is 0.227 e. The van der Waals surface area contributed by atoms with Gasteiger partial charge in [-0.05, 0) is 45.6 Å². The lowest BCUT2D eigenvalue weighted by atomic mass is 9.95. The van der Waals surface area contributed by atoms with Crippen LogP contribution in [0, 0.1) is 5.92 Å². The van der Waals surface area contributed by atoms with Crippen LogP contribution in [0.4, 0.5) is 0 Å². The van der Waals surface area contributed by atoms with Crippen LogP contribution in [0.25, 0.3) is 0 Å². The maximum absolute atomic E-state index is 12.2. The van der Waals surface area contributed by atoms with Gasteiger partial charge in [0.2, 0.25) is 5.91 Å². The minimum absolute atomic E-state index is 0.249. The number of piperidine rings is 2. The van der Waals surface area contributed by atoms with Crippen molar-refractivity contribution < 1.29 is 4.79 Å². The summed E-state index contributed by atoms with van der Waals surface area (Å²) in [6, 6.07) is 0.466. The van der Waals surface area contributed by atoms with Crippen molar-refractivity contribution >= 4 is 5.91 Å². The summed E-state index contributed by atoms with van der Waals surface area (Å²) in [5.74, 6) is 0.647. The Morgan fingerprint density at radius 2 is 2.13 bits per heavy atom. The first kappa shape index (κ1) is 10.9. The zero-order valence-corrected chi connectivity index (χ0v) is 9.67. The second kappa shape index (κ2) is 4.97. The number of carbonyl (C=O) groups excluding carboxylic acids is 1. The lowest BCUT2D eigenvalue weighted by Gasteiger charge is -2.37. The predicted octanol–water partition coefficient (Wildman–Crippen LogP) is 1.39. The van der Waals surface area contributed by atoms with Crippen molar-refractivity contribution in [3.63, 3.8) is 0 Å². The van der Waals surface area contributed by atoms with Gasteiger partial charge in [0.25, 0.3) is 0 Å². The Morgan fingerprint density at radius 3 is 2.80 bits per heavy atom. The number of nitrogens with one attached hydrogen (secondary N) is 1. The van der Waals surface area contributed by atoms with Gasteiger partial charge in [-0.3, -0.25) is 4.79 Å². The molecule has 2 rings (SSSR count). The lowest BCUT2D eigenvalue weighted by molar-refractivity contribution is -0.139. The van der Waals surface area contributed by atoms with Crippen LogP contribution < -0.4 is 5.32 Å². The van der Waals surface area contributed by atoms with Crippen molar-refractivity contribution in [2.24, 2.45) is 5.92 Å². The van der Waals surface area contributed by atoms with E-state index >= 15 is 0 Å². The van der Waals surface area contributed by atoms with E-state index in [9.17, 15) is 4.79 Å². The van der Waals surface area contributed by atoms with Crippen molar-refractivity contribution in [3.05, 3.63) is 0 Å². The molecule has 0 aromatic carbocycles. The monoisotopic (exact) mass is 210 g/mol. The van der Waals surface area contributed by atoms with E-state index in [2.05, 4.69) is 17.1 Å². The van der Waals surface area contributed by atoms with Gasteiger partial charge in [-0.25, -0.2) is 0 Å². The van der Waals surface area contributed by atoms with Crippen molar-refractivity contribution in [3.8, 4) is 0 Å². The molecular formula is C12H22N2O. The number of carbonyl (C=O) groups is 1. The Bertz CT molecular complexity index is 224. The number of amides is 1. The molecule has 86 valence electrons. The van der Waals surface area contributed by atoms with Crippen LogP contribution in [0.15, 0.2) is 0 Å². The van der Waals surface area contributed by atoms with E-state index in [0.717, 1.165) is 32.5 Å². The minimum atomic E-state index is 0.249. The van der Waals surface area contributed by atoms with E-state index in [1.165, 1.54) is 19.3 Å². The summed E-state index contributed by atoms with van der Waals surface area (Å²) >= 11 is 0. The largest absolute Gasteiger partial charge is 0.340 e. The number of nitrogens with zero attached hydrogens (tertiary/aromatic N) is 1. The van der Waals surface area contributed by atoms with E-state index in [1.807, 2.05) is 0 Å². The van der Waals surface area contributed by atoms with Gasteiger partial charge in [0, 0.05) is 19.1 Å². The quantitative estimate of drug-likeness (QED) is 0.709. The van der Waals surface area contributed by atoms with Crippen LogP contribution in [-0.2, 0) is 4.79 Å². The van der Waals surface area contributed by atoms with Gasteiger partial charge >= 0.3 is 0 Å². The molecule has 3 nitrogen and oxygen atoms in total. The van der Waals surface area contributed by atoms with Crippen molar-refractivity contribution in [1.29, 1.82) is 0 Å². The molecule has 15 heavy (non-hydrogen) atoms. The van der Waals surface area contributed by atoms with Crippen molar-refractivity contribution in [2.45, 2.75) is 45.1 Å². The zero-order valence-electron chi connectivity index (χ0n) is 9.67. The second-order valence-corrected chi connectivity index (χ2v) is 4.92. The van der Waals surface area contributed by atoms with Gasteiger partial charge in [0.15, 0.2) is 0 Å². The zero-order chi connectivity index (χ0) is 10.7. The third kappa shape index (κ3) is 2.51. The Kier molecular flexibility index (Phi) is 3.62. The molecule has 0 radical (unpaired) electrons. The average Bonchev–Trinajstić information content (AvgIpc) is 2.30. The molecule has 3 heteroatoms. The molecule has 2 saturated heterocycles. The molecule has 0 bridgehead atoms. The fourth-order valence-corrected chi connectivity index (χ4v) is 2.72. The molecule has 2 fully saturated rings. The summed E-state index contributed by atoms with van der Waals surface area (Å²) in [6.45, 7) is 5.14. The lowest BCUT2D eigenvalue weighted by Crippen LogP contribution is -2.48. The van der Waals surface area contributed by atoms with Crippen LogP contribution in [0.2, 0.25) is 0 Å². The topological polar surface area (TPSA) is 32.3 Å². The summed E-state index contributed by atoms with van der Waals surface area (Å²) in [7, 11) is 0. The highest BCUT2D eigenvalue weighted by molar-refractivity contribution is 5.79. The number of likely N-dealkylation sites (tertiary alicyclic amines) is 1. The third-order valence-corrected chi connectivity index (χ3v) is 3.73. The highest BCUT2D eigenvalue weighted by Crippen LogP contribution is 2.21. The summed E-state index contributed by atoms with van der Waals surface area (Å²) in [4.78, 5) is 14.4. The summed E-state index contributed by atoms with van der Waals surface area (Å²) < 4.78 is 0. The first-order valence-electron chi connectivity index (χ1n) is 6.30. The highest BCUT2D eigenvalue weighted by atomic mass is 16.2. The molecule has 1 amide bonds. The van der Waals surface area contributed by atoms with E-state index in [-0.39, 0.29) is 5.92 Å². The maximum Gasteiger partial charge on any atom is 0.227 e. The van der Waals surface area contributed by atoms with Gasteiger partial charge in [0.05, 0.1) is 5.92 Å². The van der Waals surface area contributed by atoms with Crippen LogP contribution in [0.3, 0.4) is 0 Å². The predicted molar refractivity (Wildman–Crippen MR) is 60.6 cm³/mol. The van der Waals surface area contributed by atoms with Crippen LogP contribution in [-0.4, -0.2) is 36.5 Å². The molecule has 0 aliphatic carbocycles. The standard InChI is InChI=1S/C12H22N2O/c1-10-5-2-3-8-14(10)12(15)11-6-4-7-13-9-11/h10-11,13H,2-9H2,1H3/t10?,11-/m0/s1. The molecule has 0 aromatic rings. The van der Waals surface area contributed by atoms with Crippen LogP contribution in [0.1, 0.15) is 39.0 Å². The fraction of sp³-hybridized carbons (Fsp3) is 0.917. The molecule has 0 spiro atoms. The van der Waals surface area contributed by atoms with Gasteiger partial charge in [0.1, 0.15) is 0 Å². The molecule has 2 atom stereocenters. The Hall–Kier alpha value is -0.570. The maximum atomic E-state index is 12.2. The van der Waals surface area contributed by atoms with Crippen LogP contribution >= 0.6 is 0 Å². The fourth-order valence-electron chi connectivity index (χ4n) is 2.72. The molecular weight excluding hydrogens is 188 g/mol. The molecule has 1 unspecified atom stereocenters. The summed E-state index contributed by atoms with van der Waals surface area (Å²) in [5.41, 5.74) is 0. The Morgan fingerprint density at radius 1 is 1.27 bits per heavy atom. The molecule has 2 aliphatic rings. The van der Waals surface area contributed by atoms with E-state index < -0.39 is 0 Å². The minimum Gasteiger partial charge on any atom is -0.340 e. The molecule has 2 aliphatic heterocycles. The number of hydrogen-bond acceptors (Lipinski definition) is 2. The number of rotatable bonds is 1. The summed E-state index contributed by atoms with van der Waals surface area (Å²) in [5, 5.41) is 3.32. The molecule has 0 aromatic heterocycles. The average molecular weight is 210 g/mol. The van der Waals surface area contributed by atoms with Crippen molar-refractivity contribution in [2.75, 3.05) is 19.6 Å². The number of hydrogen-bond donors (Lipinski definition) is 1. The molecule has 0 saturated carbocycles. The molecule has 1 N–H and O–H groups in total. The normalized spacial score (nSPS) is 32.7. The van der Waals surface area contributed by atoms with E-state index in [0.29, 0.717) is 11.9 Å². The SMILES string of the molecule is CC1CCCCN1C(=O)[C@H]1CCCNC1. The Balaban J connectivity index is 1.92. The third-order valence-electron chi connectivity index (χ3n) is 3.73. The van der Waals surface area contributed by atoms with E-state index in [4.69, 9.17) is 0 Å². The first-order valence-corrected chi connectivity index (χ1v) is 6.30. The van der Waals surface area contributed by atoms with E-state index in [1.54, 1.807) is 0 Å².